The average molecular weight is 332 g/mol. The van der Waals surface area contributed by atoms with Crippen molar-refractivity contribution in [1.82, 2.24) is 4.72 Å². The molecule has 1 aromatic carbocycles. The highest BCUT2D eigenvalue weighted by Crippen LogP contribution is 2.29. The number of benzene rings is 1. The van der Waals surface area contributed by atoms with E-state index in [1.165, 1.54) is 0 Å². The van der Waals surface area contributed by atoms with Gasteiger partial charge in [0, 0.05) is 5.88 Å². The quantitative estimate of drug-likeness (QED) is 0.787. The van der Waals surface area contributed by atoms with Crippen LogP contribution in [0.2, 0.25) is 0 Å². The fourth-order valence-electron chi connectivity index (χ4n) is 2.81. The molecular formula is C15H22ClNO3S. The van der Waals surface area contributed by atoms with Crippen LogP contribution in [0.4, 0.5) is 0 Å². The molecule has 1 fully saturated rings. The van der Waals surface area contributed by atoms with Gasteiger partial charge >= 0.3 is 0 Å². The SMILES string of the molecule is O=S(=O)(NC1(CO)CCCCC1)c1ccc(CCCl)cc1. The minimum Gasteiger partial charge on any atom is -0.394 e. The Bertz CT molecular complexity index is 551. The molecule has 1 aliphatic rings. The van der Waals surface area contributed by atoms with Gasteiger partial charge in [-0.15, -0.1) is 11.6 Å². The molecule has 6 heteroatoms. The lowest BCUT2D eigenvalue weighted by Gasteiger charge is -2.36. The highest BCUT2D eigenvalue weighted by atomic mass is 35.5. The van der Waals surface area contributed by atoms with E-state index in [4.69, 9.17) is 11.6 Å². The summed E-state index contributed by atoms with van der Waals surface area (Å²) in [4.78, 5) is 0.235. The molecule has 0 aromatic heterocycles. The lowest BCUT2D eigenvalue weighted by Crippen LogP contribution is -2.52. The van der Waals surface area contributed by atoms with Crippen LogP contribution in [0.1, 0.15) is 37.7 Å². The van der Waals surface area contributed by atoms with Gasteiger partial charge in [-0.05, 0) is 37.0 Å². The summed E-state index contributed by atoms with van der Waals surface area (Å²) < 4.78 is 27.7. The van der Waals surface area contributed by atoms with Gasteiger partial charge in [-0.2, -0.15) is 0 Å². The van der Waals surface area contributed by atoms with Gasteiger partial charge in [-0.1, -0.05) is 31.4 Å². The molecule has 1 aliphatic carbocycles. The molecule has 0 amide bonds. The van der Waals surface area contributed by atoms with Gasteiger partial charge in [0.05, 0.1) is 17.0 Å². The molecular weight excluding hydrogens is 310 g/mol. The molecule has 0 radical (unpaired) electrons. The first-order valence-corrected chi connectivity index (χ1v) is 9.33. The maximum Gasteiger partial charge on any atom is 0.241 e. The highest BCUT2D eigenvalue weighted by molar-refractivity contribution is 7.89. The van der Waals surface area contributed by atoms with Gasteiger partial charge in [0.25, 0.3) is 0 Å². The monoisotopic (exact) mass is 331 g/mol. The van der Waals surface area contributed by atoms with Gasteiger partial charge in [0.15, 0.2) is 0 Å². The number of sulfonamides is 1. The van der Waals surface area contributed by atoms with Crippen LogP contribution in [-0.2, 0) is 16.4 Å². The Morgan fingerprint density at radius 1 is 1.14 bits per heavy atom. The number of rotatable bonds is 6. The van der Waals surface area contributed by atoms with E-state index in [1.54, 1.807) is 24.3 Å². The Hall–Kier alpha value is -0.620. The molecule has 2 rings (SSSR count). The standard InChI is InChI=1S/C15H22ClNO3S/c16-11-8-13-4-6-14(7-5-13)21(19,20)17-15(12-18)9-2-1-3-10-15/h4-7,17-18H,1-3,8-12H2. The van der Waals surface area contributed by atoms with E-state index in [0.717, 1.165) is 31.2 Å². The number of hydrogen-bond donors (Lipinski definition) is 2. The second kappa shape index (κ2) is 7.09. The molecule has 0 aliphatic heterocycles. The maximum atomic E-state index is 12.5. The summed E-state index contributed by atoms with van der Waals surface area (Å²) >= 11 is 5.67. The molecule has 1 saturated carbocycles. The first-order chi connectivity index (χ1) is 10.0. The average Bonchev–Trinajstić information content (AvgIpc) is 2.49. The predicted molar refractivity (Wildman–Crippen MR) is 84.1 cm³/mol. The second-order valence-electron chi connectivity index (χ2n) is 5.69. The molecule has 0 spiro atoms. The number of halogens is 1. The lowest BCUT2D eigenvalue weighted by molar-refractivity contribution is 0.142. The van der Waals surface area contributed by atoms with Gasteiger partial charge in [0.1, 0.15) is 0 Å². The first kappa shape index (κ1) is 16.7. The van der Waals surface area contributed by atoms with E-state index >= 15 is 0 Å². The third-order valence-electron chi connectivity index (χ3n) is 4.08. The molecule has 1 aromatic rings. The number of hydrogen-bond acceptors (Lipinski definition) is 3. The largest absolute Gasteiger partial charge is 0.394 e. The summed E-state index contributed by atoms with van der Waals surface area (Å²) in [5.41, 5.74) is 0.310. The number of nitrogens with one attached hydrogen (secondary N) is 1. The summed E-state index contributed by atoms with van der Waals surface area (Å²) in [6.07, 6.45) is 5.07. The van der Waals surface area contributed by atoms with Crippen LogP contribution < -0.4 is 4.72 Å². The molecule has 0 atom stereocenters. The fraction of sp³-hybridized carbons (Fsp3) is 0.600. The zero-order chi connectivity index (χ0) is 15.3. The molecule has 0 unspecified atom stereocenters. The Kier molecular flexibility index (Phi) is 5.66. The minimum atomic E-state index is -3.61. The molecule has 0 heterocycles. The van der Waals surface area contributed by atoms with Crippen molar-refractivity contribution in [2.45, 2.75) is 49.0 Å². The van der Waals surface area contributed by atoms with Crippen LogP contribution in [0.3, 0.4) is 0 Å². The maximum absolute atomic E-state index is 12.5. The third-order valence-corrected chi connectivity index (χ3v) is 5.86. The molecule has 0 saturated heterocycles. The van der Waals surface area contributed by atoms with E-state index in [2.05, 4.69) is 4.72 Å². The van der Waals surface area contributed by atoms with Gasteiger partial charge in [-0.25, -0.2) is 13.1 Å². The smallest absolute Gasteiger partial charge is 0.241 e. The highest BCUT2D eigenvalue weighted by Gasteiger charge is 2.35. The second-order valence-corrected chi connectivity index (χ2v) is 7.75. The van der Waals surface area contributed by atoms with E-state index in [9.17, 15) is 13.5 Å². The van der Waals surface area contributed by atoms with Crippen molar-refractivity contribution in [1.29, 1.82) is 0 Å². The van der Waals surface area contributed by atoms with Crippen LogP contribution >= 0.6 is 11.6 Å². The fourth-order valence-corrected chi connectivity index (χ4v) is 4.48. The summed E-state index contributed by atoms with van der Waals surface area (Å²) in [5.74, 6) is 0.512. The zero-order valence-electron chi connectivity index (χ0n) is 12.0. The van der Waals surface area contributed by atoms with Gasteiger partial charge in [-0.3, -0.25) is 0 Å². The number of aliphatic hydroxyl groups excluding tert-OH is 1. The van der Waals surface area contributed by atoms with Crippen molar-refractivity contribution >= 4 is 21.6 Å². The van der Waals surface area contributed by atoms with E-state index in [-0.39, 0.29) is 11.5 Å². The third kappa shape index (κ3) is 4.19. The van der Waals surface area contributed by atoms with E-state index < -0.39 is 15.6 Å². The van der Waals surface area contributed by atoms with Crippen LogP contribution in [0.5, 0.6) is 0 Å². The lowest BCUT2D eigenvalue weighted by atomic mass is 9.83. The summed E-state index contributed by atoms with van der Waals surface area (Å²) in [6.45, 7) is -0.156. The van der Waals surface area contributed by atoms with E-state index in [1.807, 2.05) is 0 Å². The number of alkyl halides is 1. The van der Waals surface area contributed by atoms with E-state index in [0.29, 0.717) is 18.7 Å². The number of aliphatic hydroxyl groups is 1. The van der Waals surface area contributed by atoms with Crippen LogP contribution in [0, 0.1) is 0 Å². The Balaban J connectivity index is 2.16. The normalized spacial score (nSPS) is 18.6. The Morgan fingerprint density at radius 2 is 1.76 bits per heavy atom. The molecule has 4 nitrogen and oxygen atoms in total. The zero-order valence-corrected chi connectivity index (χ0v) is 13.6. The van der Waals surface area contributed by atoms with Crippen LogP contribution in [-0.4, -0.2) is 31.6 Å². The summed E-state index contributed by atoms with van der Waals surface area (Å²) in [5, 5.41) is 9.62. The Morgan fingerprint density at radius 3 is 2.29 bits per heavy atom. The molecule has 0 bridgehead atoms. The van der Waals surface area contributed by atoms with Crippen molar-refractivity contribution in [2.75, 3.05) is 12.5 Å². The van der Waals surface area contributed by atoms with Crippen molar-refractivity contribution in [2.24, 2.45) is 0 Å². The minimum absolute atomic E-state index is 0.156. The Labute approximate surface area is 131 Å². The number of aryl methyl sites for hydroxylation is 1. The van der Waals surface area contributed by atoms with Crippen LogP contribution in [0.25, 0.3) is 0 Å². The predicted octanol–water partition coefficient (Wildman–Crippen LogP) is 2.44. The van der Waals surface area contributed by atoms with Crippen molar-refractivity contribution < 1.29 is 13.5 Å². The topological polar surface area (TPSA) is 66.4 Å². The van der Waals surface area contributed by atoms with Crippen molar-refractivity contribution in [3.8, 4) is 0 Å². The van der Waals surface area contributed by atoms with Crippen molar-refractivity contribution in [3.05, 3.63) is 29.8 Å². The van der Waals surface area contributed by atoms with Crippen LogP contribution in [0.15, 0.2) is 29.2 Å². The molecule has 21 heavy (non-hydrogen) atoms. The van der Waals surface area contributed by atoms with Gasteiger partial charge in [0.2, 0.25) is 10.0 Å². The van der Waals surface area contributed by atoms with Crippen molar-refractivity contribution in [3.63, 3.8) is 0 Å². The molecule has 118 valence electrons. The van der Waals surface area contributed by atoms with Gasteiger partial charge < -0.3 is 5.11 Å². The first-order valence-electron chi connectivity index (χ1n) is 7.31. The summed E-state index contributed by atoms with van der Waals surface area (Å²) in [7, 11) is -3.61. The molecule has 2 N–H and O–H groups in total. The summed E-state index contributed by atoms with van der Waals surface area (Å²) in [6, 6.07) is 6.75.